The van der Waals surface area contributed by atoms with Gasteiger partial charge in [-0.15, -0.1) is 0 Å². The molecule has 1 saturated heterocycles. The van der Waals surface area contributed by atoms with Gasteiger partial charge in [-0.1, -0.05) is 26.0 Å². The SMILES string of the molecule is CC(C)CC(NC(=O)C1CC(SCc2ccc(F)cc2)CCN1C(=O)c1cccn1C)C(N)=O. The molecule has 0 aliphatic carbocycles. The van der Waals surface area contributed by atoms with E-state index in [1.54, 1.807) is 58.7 Å². The molecule has 3 unspecified atom stereocenters. The van der Waals surface area contributed by atoms with Crippen molar-refractivity contribution >= 4 is 29.5 Å². The molecule has 1 aliphatic heterocycles. The fourth-order valence-corrected chi connectivity index (χ4v) is 5.40. The molecule has 1 aliphatic rings. The molecule has 0 radical (unpaired) electrons. The predicted octanol–water partition coefficient (Wildman–Crippen LogP) is 3.09. The average Bonchev–Trinajstić information content (AvgIpc) is 3.23. The summed E-state index contributed by atoms with van der Waals surface area (Å²) in [6, 6.07) is 8.41. The van der Waals surface area contributed by atoms with Crippen molar-refractivity contribution in [1.29, 1.82) is 0 Å². The number of aromatic nitrogens is 1. The predicted molar refractivity (Wildman–Crippen MR) is 132 cm³/mol. The van der Waals surface area contributed by atoms with E-state index in [0.717, 1.165) is 12.0 Å². The highest BCUT2D eigenvalue weighted by Gasteiger charge is 2.38. The first kappa shape index (κ1) is 25.8. The third-order valence-corrected chi connectivity index (χ3v) is 7.45. The number of carbonyl (C=O) groups excluding carboxylic acids is 3. The third kappa shape index (κ3) is 6.62. The fourth-order valence-electron chi connectivity index (χ4n) is 4.19. The maximum atomic E-state index is 13.4. The molecule has 1 aromatic carbocycles. The summed E-state index contributed by atoms with van der Waals surface area (Å²) < 4.78 is 14.9. The van der Waals surface area contributed by atoms with E-state index in [2.05, 4.69) is 5.32 Å². The monoisotopic (exact) mass is 488 g/mol. The van der Waals surface area contributed by atoms with Crippen molar-refractivity contribution in [3.8, 4) is 0 Å². The van der Waals surface area contributed by atoms with Gasteiger partial charge in [0.25, 0.3) is 5.91 Å². The van der Waals surface area contributed by atoms with Crippen LogP contribution in [0.15, 0.2) is 42.6 Å². The van der Waals surface area contributed by atoms with Crippen molar-refractivity contribution < 1.29 is 18.8 Å². The van der Waals surface area contributed by atoms with E-state index in [1.807, 2.05) is 13.8 Å². The van der Waals surface area contributed by atoms with Crippen LogP contribution >= 0.6 is 11.8 Å². The van der Waals surface area contributed by atoms with Crippen molar-refractivity contribution in [1.82, 2.24) is 14.8 Å². The molecular formula is C25H33FN4O3S. The van der Waals surface area contributed by atoms with Crippen LogP contribution in [0.3, 0.4) is 0 Å². The number of carbonyl (C=O) groups is 3. The Hall–Kier alpha value is -2.81. The van der Waals surface area contributed by atoms with Crippen molar-refractivity contribution in [3.05, 3.63) is 59.7 Å². The Morgan fingerprint density at radius 2 is 1.91 bits per heavy atom. The Bertz CT molecular complexity index is 1010. The highest BCUT2D eigenvalue weighted by atomic mass is 32.2. The van der Waals surface area contributed by atoms with Crippen molar-refractivity contribution in [2.24, 2.45) is 18.7 Å². The van der Waals surface area contributed by atoms with Crippen LogP contribution in [0.4, 0.5) is 4.39 Å². The molecule has 34 heavy (non-hydrogen) atoms. The lowest BCUT2D eigenvalue weighted by Gasteiger charge is -2.39. The summed E-state index contributed by atoms with van der Waals surface area (Å²) in [7, 11) is 1.79. The molecule has 184 valence electrons. The van der Waals surface area contributed by atoms with Gasteiger partial charge in [0.1, 0.15) is 23.6 Å². The Labute approximate surface area is 204 Å². The fraction of sp³-hybridized carbons (Fsp3) is 0.480. The number of primary amides is 1. The summed E-state index contributed by atoms with van der Waals surface area (Å²) in [5.74, 6) is -0.580. The number of thioether (sulfide) groups is 1. The molecule has 3 rings (SSSR count). The second-order valence-electron chi connectivity index (χ2n) is 9.20. The lowest BCUT2D eigenvalue weighted by Crippen LogP contribution is -2.57. The number of nitrogens with one attached hydrogen (secondary N) is 1. The average molecular weight is 489 g/mol. The van der Waals surface area contributed by atoms with Gasteiger partial charge in [0, 0.05) is 30.8 Å². The second-order valence-corrected chi connectivity index (χ2v) is 10.5. The van der Waals surface area contributed by atoms with Crippen molar-refractivity contribution in [3.63, 3.8) is 0 Å². The molecule has 3 N–H and O–H groups in total. The first-order valence-corrected chi connectivity index (χ1v) is 12.6. The Morgan fingerprint density at radius 1 is 1.21 bits per heavy atom. The number of aryl methyl sites for hydroxylation is 1. The highest BCUT2D eigenvalue weighted by molar-refractivity contribution is 7.99. The van der Waals surface area contributed by atoms with Gasteiger partial charge in [-0.05, 0) is 55.0 Å². The molecule has 2 heterocycles. The molecule has 1 fully saturated rings. The molecular weight excluding hydrogens is 455 g/mol. The molecule has 0 saturated carbocycles. The van der Waals surface area contributed by atoms with Gasteiger partial charge >= 0.3 is 0 Å². The van der Waals surface area contributed by atoms with Gasteiger partial charge in [-0.2, -0.15) is 11.8 Å². The molecule has 9 heteroatoms. The summed E-state index contributed by atoms with van der Waals surface area (Å²) >= 11 is 1.69. The van der Waals surface area contributed by atoms with Crippen LogP contribution in [0.5, 0.6) is 0 Å². The zero-order chi connectivity index (χ0) is 24.8. The summed E-state index contributed by atoms with van der Waals surface area (Å²) in [5.41, 5.74) is 7.04. The largest absolute Gasteiger partial charge is 0.368 e. The maximum absolute atomic E-state index is 13.4. The second kappa shape index (κ2) is 11.6. The van der Waals surface area contributed by atoms with Gasteiger partial charge in [-0.25, -0.2) is 4.39 Å². The van der Waals surface area contributed by atoms with Crippen LogP contribution in [0.1, 0.15) is 49.2 Å². The number of likely N-dealkylation sites (tertiary alicyclic amines) is 1. The van der Waals surface area contributed by atoms with E-state index >= 15 is 0 Å². The molecule has 2 aromatic rings. The van der Waals surface area contributed by atoms with Crippen LogP contribution in [0, 0.1) is 11.7 Å². The molecule has 7 nitrogen and oxygen atoms in total. The van der Waals surface area contributed by atoms with Gasteiger partial charge in [-0.3, -0.25) is 14.4 Å². The molecule has 3 atom stereocenters. The maximum Gasteiger partial charge on any atom is 0.271 e. The number of piperidine rings is 1. The number of hydrogen-bond donors (Lipinski definition) is 2. The number of nitrogens with zero attached hydrogens (tertiary/aromatic N) is 2. The van der Waals surface area contributed by atoms with Gasteiger partial charge < -0.3 is 20.5 Å². The summed E-state index contributed by atoms with van der Waals surface area (Å²) in [6.45, 7) is 4.33. The molecule has 1 aromatic heterocycles. The van der Waals surface area contributed by atoms with Gasteiger partial charge in [0.15, 0.2) is 0 Å². The topological polar surface area (TPSA) is 97.4 Å². The summed E-state index contributed by atoms with van der Waals surface area (Å²) in [4.78, 5) is 40.2. The standard InChI is InChI=1S/C25H33FN4O3S/c1-16(2)13-20(23(27)31)28-24(32)22-14-19(34-15-17-6-8-18(26)9-7-17)10-12-30(22)25(33)21-5-4-11-29(21)3/h4-9,11,16,19-20,22H,10,12-15H2,1-3H3,(H2,27,31)(H,28,32). The summed E-state index contributed by atoms with van der Waals surface area (Å²) in [6.07, 6.45) is 3.42. The Balaban J connectivity index is 1.76. The van der Waals surface area contributed by atoms with Crippen LogP contribution in [-0.2, 0) is 22.4 Å². The number of rotatable bonds is 9. The molecule has 3 amide bonds. The third-order valence-electron chi connectivity index (χ3n) is 6.05. The van der Waals surface area contributed by atoms with Crippen LogP contribution in [0.25, 0.3) is 0 Å². The first-order valence-electron chi connectivity index (χ1n) is 11.5. The van der Waals surface area contributed by atoms with Crippen molar-refractivity contribution in [2.45, 2.75) is 56.2 Å². The van der Waals surface area contributed by atoms with Gasteiger partial charge in [0.2, 0.25) is 11.8 Å². The molecule has 0 bridgehead atoms. The van der Waals surface area contributed by atoms with Crippen LogP contribution in [-0.4, -0.2) is 51.1 Å². The minimum absolute atomic E-state index is 0.135. The van der Waals surface area contributed by atoms with E-state index < -0.39 is 18.0 Å². The number of amides is 3. The van der Waals surface area contributed by atoms with E-state index in [1.165, 1.54) is 12.1 Å². The zero-order valence-corrected chi connectivity index (χ0v) is 20.7. The Morgan fingerprint density at radius 3 is 2.50 bits per heavy atom. The van der Waals surface area contributed by atoms with E-state index in [9.17, 15) is 18.8 Å². The quantitative estimate of drug-likeness (QED) is 0.567. The van der Waals surface area contributed by atoms with E-state index in [0.29, 0.717) is 30.8 Å². The number of halogens is 1. The smallest absolute Gasteiger partial charge is 0.271 e. The number of nitrogens with two attached hydrogens (primary N) is 1. The minimum atomic E-state index is -0.785. The van der Waals surface area contributed by atoms with Crippen molar-refractivity contribution in [2.75, 3.05) is 6.54 Å². The number of hydrogen-bond acceptors (Lipinski definition) is 4. The Kier molecular flexibility index (Phi) is 8.77. The van der Waals surface area contributed by atoms with Crippen LogP contribution < -0.4 is 11.1 Å². The van der Waals surface area contributed by atoms with Gasteiger partial charge in [0.05, 0.1) is 0 Å². The zero-order valence-electron chi connectivity index (χ0n) is 19.9. The number of benzene rings is 1. The van der Waals surface area contributed by atoms with E-state index in [-0.39, 0.29) is 28.8 Å². The van der Waals surface area contributed by atoms with Crippen LogP contribution in [0.2, 0.25) is 0 Å². The van der Waals surface area contributed by atoms with E-state index in [4.69, 9.17) is 5.73 Å². The normalized spacial score (nSPS) is 19.1. The first-order chi connectivity index (χ1) is 16.2. The summed E-state index contributed by atoms with van der Waals surface area (Å²) in [5, 5.41) is 2.93. The highest BCUT2D eigenvalue weighted by Crippen LogP contribution is 2.31. The lowest BCUT2D eigenvalue weighted by atomic mass is 9.98. The minimum Gasteiger partial charge on any atom is -0.368 e. The molecule has 0 spiro atoms. The lowest BCUT2D eigenvalue weighted by molar-refractivity contribution is -0.131.